The number of carbonyl (C=O) groups excluding carboxylic acids is 1. The van der Waals surface area contributed by atoms with Crippen LogP contribution in [0, 0.1) is 13.8 Å². The van der Waals surface area contributed by atoms with E-state index in [2.05, 4.69) is 20.3 Å². The number of pyridine rings is 1. The fourth-order valence-electron chi connectivity index (χ4n) is 2.15. The standard InChI is InChI=1S/C18H16N4O2/c1-12-10-14(22-18(23)16-7-9-20-13(2)21-16)5-6-17(12)24-15-4-3-8-19-11-15/h3-11H,1-2H3,(H,22,23). The molecule has 0 spiro atoms. The predicted molar refractivity (Wildman–Crippen MR) is 90.2 cm³/mol. The fraction of sp³-hybridized carbons (Fsp3) is 0.111. The van der Waals surface area contributed by atoms with E-state index in [4.69, 9.17) is 4.74 Å². The molecule has 1 amide bonds. The number of hydrogen-bond donors (Lipinski definition) is 1. The molecular formula is C18H16N4O2. The molecule has 24 heavy (non-hydrogen) atoms. The Balaban J connectivity index is 1.74. The summed E-state index contributed by atoms with van der Waals surface area (Å²) in [5.74, 6) is 1.65. The molecule has 1 aromatic carbocycles. The average molecular weight is 320 g/mol. The third-order valence-corrected chi connectivity index (χ3v) is 3.30. The van der Waals surface area contributed by atoms with Crippen LogP contribution in [0.5, 0.6) is 11.5 Å². The van der Waals surface area contributed by atoms with Gasteiger partial charge in [-0.2, -0.15) is 0 Å². The molecule has 0 aliphatic rings. The molecule has 0 fully saturated rings. The normalized spacial score (nSPS) is 10.2. The Labute approximate surface area is 139 Å². The monoisotopic (exact) mass is 320 g/mol. The van der Waals surface area contributed by atoms with Crippen molar-refractivity contribution in [3.63, 3.8) is 0 Å². The van der Waals surface area contributed by atoms with Gasteiger partial charge >= 0.3 is 0 Å². The van der Waals surface area contributed by atoms with E-state index in [1.54, 1.807) is 37.6 Å². The van der Waals surface area contributed by atoms with E-state index in [1.165, 1.54) is 0 Å². The van der Waals surface area contributed by atoms with Gasteiger partial charge in [0.2, 0.25) is 0 Å². The number of ether oxygens (including phenoxy) is 1. The van der Waals surface area contributed by atoms with Gasteiger partial charge in [0.25, 0.3) is 5.91 Å². The van der Waals surface area contributed by atoms with E-state index < -0.39 is 0 Å². The fourth-order valence-corrected chi connectivity index (χ4v) is 2.15. The van der Waals surface area contributed by atoms with Crippen LogP contribution in [-0.4, -0.2) is 20.9 Å². The predicted octanol–water partition coefficient (Wildman–Crippen LogP) is 3.53. The molecule has 0 saturated carbocycles. The van der Waals surface area contributed by atoms with Gasteiger partial charge in [0, 0.05) is 18.1 Å². The molecule has 2 heterocycles. The van der Waals surface area contributed by atoms with Crippen molar-refractivity contribution in [3.8, 4) is 11.5 Å². The summed E-state index contributed by atoms with van der Waals surface area (Å²) >= 11 is 0. The highest BCUT2D eigenvalue weighted by atomic mass is 16.5. The summed E-state index contributed by atoms with van der Waals surface area (Å²) in [5.41, 5.74) is 1.90. The number of nitrogens with one attached hydrogen (secondary N) is 1. The third-order valence-electron chi connectivity index (χ3n) is 3.30. The van der Waals surface area contributed by atoms with Crippen LogP contribution in [-0.2, 0) is 0 Å². The second-order valence-electron chi connectivity index (χ2n) is 5.21. The smallest absolute Gasteiger partial charge is 0.274 e. The molecular weight excluding hydrogens is 304 g/mol. The van der Waals surface area contributed by atoms with E-state index in [1.807, 2.05) is 31.2 Å². The summed E-state index contributed by atoms with van der Waals surface area (Å²) in [7, 11) is 0. The zero-order valence-corrected chi connectivity index (χ0v) is 13.4. The Morgan fingerprint density at radius 3 is 2.71 bits per heavy atom. The molecule has 0 aliphatic carbocycles. The molecule has 0 aliphatic heterocycles. The molecule has 3 rings (SSSR count). The van der Waals surface area contributed by atoms with Crippen molar-refractivity contribution < 1.29 is 9.53 Å². The highest BCUT2D eigenvalue weighted by Crippen LogP contribution is 2.26. The molecule has 0 saturated heterocycles. The molecule has 2 aromatic heterocycles. The second kappa shape index (κ2) is 6.87. The van der Waals surface area contributed by atoms with Crippen LogP contribution >= 0.6 is 0 Å². The summed E-state index contributed by atoms with van der Waals surface area (Å²) in [5, 5.41) is 2.82. The van der Waals surface area contributed by atoms with Crippen LogP contribution in [0.3, 0.4) is 0 Å². The van der Waals surface area contributed by atoms with Crippen molar-refractivity contribution in [2.24, 2.45) is 0 Å². The van der Waals surface area contributed by atoms with E-state index in [-0.39, 0.29) is 5.91 Å². The molecule has 0 unspecified atom stereocenters. The summed E-state index contributed by atoms with van der Waals surface area (Å²) in [6.07, 6.45) is 4.90. The van der Waals surface area contributed by atoms with Crippen LogP contribution in [0.4, 0.5) is 5.69 Å². The van der Waals surface area contributed by atoms with Crippen molar-refractivity contribution >= 4 is 11.6 Å². The number of hydrogen-bond acceptors (Lipinski definition) is 5. The summed E-state index contributed by atoms with van der Waals surface area (Å²) in [4.78, 5) is 24.3. The van der Waals surface area contributed by atoms with Gasteiger partial charge < -0.3 is 10.1 Å². The van der Waals surface area contributed by atoms with Gasteiger partial charge in [-0.1, -0.05) is 0 Å². The van der Waals surface area contributed by atoms with E-state index in [0.29, 0.717) is 28.7 Å². The minimum Gasteiger partial charge on any atom is -0.455 e. The number of benzene rings is 1. The molecule has 6 nitrogen and oxygen atoms in total. The van der Waals surface area contributed by atoms with Gasteiger partial charge in [0.05, 0.1) is 6.20 Å². The minimum atomic E-state index is -0.277. The Hall–Kier alpha value is -3.28. The van der Waals surface area contributed by atoms with Crippen LogP contribution < -0.4 is 10.1 Å². The quantitative estimate of drug-likeness (QED) is 0.795. The first-order valence-corrected chi connectivity index (χ1v) is 7.41. The maximum atomic E-state index is 12.2. The number of aromatic nitrogens is 3. The Kier molecular flexibility index (Phi) is 4.47. The molecule has 0 atom stereocenters. The van der Waals surface area contributed by atoms with Gasteiger partial charge in [0.1, 0.15) is 23.0 Å². The zero-order valence-electron chi connectivity index (χ0n) is 13.4. The minimum absolute atomic E-state index is 0.277. The maximum Gasteiger partial charge on any atom is 0.274 e. The van der Waals surface area contributed by atoms with Crippen molar-refractivity contribution in [1.29, 1.82) is 0 Å². The summed E-state index contributed by atoms with van der Waals surface area (Å²) < 4.78 is 5.77. The zero-order chi connectivity index (χ0) is 16.9. The van der Waals surface area contributed by atoms with E-state index in [9.17, 15) is 4.79 Å². The van der Waals surface area contributed by atoms with Crippen molar-refractivity contribution in [3.05, 3.63) is 72.1 Å². The lowest BCUT2D eigenvalue weighted by Gasteiger charge is -2.11. The van der Waals surface area contributed by atoms with Crippen LogP contribution in [0.1, 0.15) is 21.9 Å². The van der Waals surface area contributed by atoms with Crippen LogP contribution in [0.15, 0.2) is 55.0 Å². The van der Waals surface area contributed by atoms with Gasteiger partial charge in [-0.15, -0.1) is 0 Å². The second-order valence-corrected chi connectivity index (χ2v) is 5.21. The van der Waals surface area contributed by atoms with Gasteiger partial charge in [0.15, 0.2) is 0 Å². The van der Waals surface area contributed by atoms with Crippen LogP contribution in [0.25, 0.3) is 0 Å². The molecule has 3 aromatic rings. The lowest BCUT2D eigenvalue weighted by atomic mass is 10.2. The first kappa shape index (κ1) is 15.6. The summed E-state index contributed by atoms with van der Waals surface area (Å²) in [6.45, 7) is 3.65. The first-order valence-electron chi connectivity index (χ1n) is 7.41. The van der Waals surface area contributed by atoms with Crippen molar-refractivity contribution in [1.82, 2.24) is 15.0 Å². The van der Waals surface area contributed by atoms with Gasteiger partial charge in [-0.25, -0.2) is 9.97 Å². The molecule has 6 heteroatoms. The highest BCUT2D eigenvalue weighted by molar-refractivity contribution is 6.02. The number of anilines is 1. The number of rotatable bonds is 4. The third kappa shape index (κ3) is 3.73. The lowest BCUT2D eigenvalue weighted by Crippen LogP contribution is -2.14. The maximum absolute atomic E-state index is 12.2. The average Bonchev–Trinajstić information content (AvgIpc) is 2.58. The number of aryl methyl sites for hydroxylation is 2. The van der Waals surface area contributed by atoms with Crippen molar-refractivity contribution in [2.75, 3.05) is 5.32 Å². The lowest BCUT2D eigenvalue weighted by molar-refractivity contribution is 0.102. The molecule has 120 valence electrons. The molecule has 1 N–H and O–H groups in total. The number of nitrogens with zero attached hydrogens (tertiary/aromatic N) is 3. The molecule has 0 radical (unpaired) electrons. The van der Waals surface area contributed by atoms with E-state index >= 15 is 0 Å². The first-order chi connectivity index (χ1) is 11.6. The van der Waals surface area contributed by atoms with Gasteiger partial charge in [-0.3, -0.25) is 9.78 Å². The topological polar surface area (TPSA) is 77.0 Å². The largest absolute Gasteiger partial charge is 0.455 e. The van der Waals surface area contributed by atoms with Crippen molar-refractivity contribution in [2.45, 2.75) is 13.8 Å². The van der Waals surface area contributed by atoms with E-state index in [0.717, 1.165) is 5.56 Å². The SMILES string of the molecule is Cc1nccc(C(=O)Nc2ccc(Oc3cccnc3)c(C)c2)n1. The number of carbonyl (C=O) groups is 1. The molecule has 0 bridgehead atoms. The van der Waals surface area contributed by atoms with Gasteiger partial charge in [-0.05, 0) is 55.8 Å². The highest BCUT2D eigenvalue weighted by Gasteiger charge is 2.09. The Morgan fingerprint density at radius 1 is 1.12 bits per heavy atom. The Bertz CT molecular complexity index is 866. The number of amides is 1. The summed E-state index contributed by atoms with van der Waals surface area (Å²) in [6, 6.07) is 10.7. The van der Waals surface area contributed by atoms with Crippen LogP contribution in [0.2, 0.25) is 0 Å². The Morgan fingerprint density at radius 2 is 2.00 bits per heavy atom.